The van der Waals surface area contributed by atoms with Crippen LogP contribution in [0.1, 0.15) is 28.5 Å². The molecule has 190 valence electrons. The molecule has 2 N–H and O–H groups in total. The maximum absolute atomic E-state index is 13.3. The Kier molecular flexibility index (Phi) is 7.28. The number of carbonyl (C=O) groups is 2. The van der Waals surface area contributed by atoms with Gasteiger partial charge in [-0.3, -0.25) is 9.59 Å². The summed E-state index contributed by atoms with van der Waals surface area (Å²) >= 11 is 0. The number of halogens is 3. The summed E-state index contributed by atoms with van der Waals surface area (Å²) in [6, 6.07) is 18.8. The van der Waals surface area contributed by atoms with Gasteiger partial charge in [0.1, 0.15) is 5.75 Å². The van der Waals surface area contributed by atoms with Crippen LogP contribution >= 0.6 is 0 Å². The van der Waals surface area contributed by atoms with Crippen molar-refractivity contribution in [2.75, 3.05) is 12.4 Å². The zero-order valence-corrected chi connectivity index (χ0v) is 19.8. The van der Waals surface area contributed by atoms with E-state index in [-0.39, 0.29) is 41.1 Å². The molecule has 10 heteroatoms. The molecule has 0 fully saturated rings. The number of nitrogens with one attached hydrogen (secondary N) is 2. The summed E-state index contributed by atoms with van der Waals surface area (Å²) in [6.45, 7) is 1.19. The Bertz CT molecular complexity index is 1420. The molecular weight excluding hydrogens is 487 g/mol. The Hall–Kier alpha value is -4.60. The highest BCUT2D eigenvalue weighted by Gasteiger charge is 2.31. The van der Waals surface area contributed by atoms with Gasteiger partial charge in [0.05, 0.1) is 12.7 Å². The van der Waals surface area contributed by atoms with E-state index in [2.05, 4.69) is 15.6 Å². The number of alkyl halides is 3. The fourth-order valence-corrected chi connectivity index (χ4v) is 3.59. The van der Waals surface area contributed by atoms with Crippen molar-refractivity contribution in [3.63, 3.8) is 0 Å². The van der Waals surface area contributed by atoms with Crippen LogP contribution in [0, 0.1) is 0 Å². The molecule has 0 saturated carbocycles. The molecule has 2 amide bonds. The van der Waals surface area contributed by atoms with Crippen LogP contribution in [0.25, 0.3) is 22.8 Å². The minimum absolute atomic E-state index is 0.0202. The predicted molar refractivity (Wildman–Crippen MR) is 131 cm³/mol. The van der Waals surface area contributed by atoms with Crippen LogP contribution in [0.5, 0.6) is 5.75 Å². The Morgan fingerprint density at radius 1 is 0.973 bits per heavy atom. The molecule has 1 heterocycles. The lowest BCUT2D eigenvalue weighted by Crippen LogP contribution is -2.24. The number of benzene rings is 3. The number of oxazole rings is 1. The number of anilines is 1. The first-order valence-corrected chi connectivity index (χ1v) is 11.1. The fourth-order valence-electron chi connectivity index (χ4n) is 3.59. The topological polar surface area (TPSA) is 93.5 Å². The molecule has 1 aromatic heterocycles. The van der Waals surface area contributed by atoms with Crippen molar-refractivity contribution in [3.05, 3.63) is 89.6 Å². The molecule has 0 unspecified atom stereocenters. The molecule has 0 aliphatic heterocycles. The third-order valence-electron chi connectivity index (χ3n) is 5.31. The predicted octanol–water partition coefficient (Wildman–Crippen LogP) is 5.92. The van der Waals surface area contributed by atoms with Crippen LogP contribution in [0.4, 0.5) is 18.9 Å². The van der Waals surface area contributed by atoms with Crippen molar-refractivity contribution in [2.45, 2.75) is 19.6 Å². The molecule has 3 aromatic carbocycles. The van der Waals surface area contributed by atoms with Crippen LogP contribution in [0.15, 0.2) is 77.2 Å². The maximum Gasteiger partial charge on any atom is 0.416 e. The Labute approximate surface area is 210 Å². The van der Waals surface area contributed by atoms with E-state index in [1.807, 2.05) is 6.07 Å². The van der Waals surface area contributed by atoms with Crippen LogP contribution in [-0.2, 0) is 17.5 Å². The zero-order chi connectivity index (χ0) is 26.6. The van der Waals surface area contributed by atoms with Gasteiger partial charge in [-0.15, -0.1) is 0 Å². The van der Waals surface area contributed by atoms with Gasteiger partial charge in [0, 0.05) is 30.3 Å². The number of methoxy groups -OCH3 is 1. The highest BCUT2D eigenvalue weighted by molar-refractivity contribution is 5.98. The number of ether oxygens (including phenoxy) is 1. The van der Waals surface area contributed by atoms with E-state index < -0.39 is 17.6 Å². The van der Waals surface area contributed by atoms with Crippen molar-refractivity contribution < 1.29 is 31.9 Å². The smallest absolute Gasteiger partial charge is 0.416 e. The average molecular weight is 509 g/mol. The van der Waals surface area contributed by atoms with Crippen LogP contribution in [0.3, 0.4) is 0 Å². The molecule has 0 atom stereocenters. The SMILES string of the molecule is COc1cc(CNC(=O)c2nc(-c3ccccc3)oc2-c2ccc(NC(C)=O)cc2)cc(C(F)(F)F)c1. The quantitative estimate of drug-likeness (QED) is 0.322. The normalized spacial score (nSPS) is 11.2. The van der Waals surface area contributed by atoms with E-state index >= 15 is 0 Å². The van der Waals surface area contributed by atoms with Gasteiger partial charge < -0.3 is 19.8 Å². The number of nitrogens with zero attached hydrogens (tertiary/aromatic N) is 1. The first-order valence-electron chi connectivity index (χ1n) is 11.1. The summed E-state index contributed by atoms with van der Waals surface area (Å²) in [5, 5.41) is 5.28. The molecule has 0 saturated heterocycles. The molecule has 4 rings (SSSR count). The fraction of sp³-hybridized carbons (Fsp3) is 0.148. The van der Waals surface area contributed by atoms with Gasteiger partial charge in [-0.25, -0.2) is 4.98 Å². The molecule has 7 nitrogen and oxygen atoms in total. The first-order chi connectivity index (χ1) is 17.6. The number of amides is 2. The molecule has 0 aliphatic rings. The Morgan fingerprint density at radius 2 is 1.68 bits per heavy atom. The van der Waals surface area contributed by atoms with Gasteiger partial charge in [0.25, 0.3) is 5.91 Å². The Balaban J connectivity index is 1.65. The molecule has 0 bridgehead atoms. The van der Waals surface area contributed by atoms with E-state index in [9.17, 15) is 22.8 Å². The molecule has 4 aromatic rings. The minimum atomic E-state index is -4.57. The van der Waals surface area contributed by atoms with E-state index in [4.69, 9.17) is 9.15 Å². The van der Waals surface area contributed by atoms with E-state index in [1.54, 1.807) is 48.5 Å². The Morgan fingerprint density at radius 3 is 2.30 bits per heavy atom. The van der Waals surface area contributed by atoms with Crippen LogP contribution in [-0.4, -0.2) is 23.9 Å². The maximum atomic E-state index is 13.3. The second kappa shape index (κ2) is 10.6. The van der Waals surface area contributed by atoms with Crippen LogP contribution in [0.2, 0.25) is 0 Å². The van der Waals surface area contributed by atoms with Gasteiger partial charge in [0.15, 0.2) is 11.5 Å². The molecule has 37 heavy (non-hydrogen) atoms. The summed E-state index contributed by atoms with van der Waals surface area (Å²) in [4.78, 5) is 28.9. The molecule has 0 spiro atoms. The summed E-state index contributed by atoms with van der Waals surface area (Å²) < 4.78 is 50.7. The number of aromatic nitrogens is 1. The van der Waals surface area contributed by atoms with E-state index in [0.717, 1.165) is 12.1 Å². The lowest BCUT2D eigenvalue weighted by Gasteiger charge is -2.12. The lowest BCUT2D eigenvalue weighted by atomic mass is 10.1. The number of hydrogen-bond donors (Lipinski definition) is 2. The van der Waals surface area contributed by atoms with Gasteiger partial charge >= 0.3 is 6.18 Å². The largest absolute Gasteiger partial charge is 0.497 e. The minimum Gasteiger partial charge on any atom is -0.497 e. The number of rotatable bonds is 7. The summed E-state index contributed by atoms with van der Waals surface area (Å²) in [6.07, 6.45) is -4.57. The standard InChI is InChI=1S/C27H22F3N3O4/c1-16(34)32-21-10-8-18(9-11-21)24-23(33-26(37-24)19-6-4-3-5-7-19)25(35)31-15-17-12-20(27(28,29)30)14-22(13-17)36-2/h3-14H,15H2,1-2H3,(H,31,35)(H,32,34). The second-order valence-electron chi connectivity index (χ2n) is 8.07. The number of carbonyl (C=O) groups excluding carboxylic acids is 2. The van der Waals surface area contributed by atoms with Gasteiger partial charge in [-0.2, -0.15) is 13.2 Å². The third kappa shape index (κ3) is 6.16. The van der Waals surface area contributed by atoms with Crippen LogP contribution < -0.4 is 15.4 Å². The number of hydrogen-bond acceptors (Lipinski definition) is 5. The lowest BCUT2D eigenvalue weighted by molar-refractivity contribution is -0.137. The van der Waals surface area contributed by atoms with E-state index in [1.165, 1.54) is 20.1 Å². The molecule has 0 radical (unpaired) electrons. The van der Waals surface area contributed by atoms with Crippen molar-refractivity contribution in [1.82, 2.24) is 10.3 Å². The highest BCUT2D eigenvalue weighted by Crippen LogP contribution is 2.33. The van der Waals surface area contributed by atoms with Gasteiger partial charge in [-0.1, -0.05) is 18.2 Å². The summed E-state index contributed by atoms with van der Waals surface area (Å²) in [7, 11) is 1.27. The summed E-state index contributed by atoms with van der Waals surface area (Å²) in [5.41, 5.74) is 1.00. The second-order valence-corrected chi connectivity index (χ2v) is 8.07. The van der Waals surface area contributed by atoms with E-state index in [0.29, 0.717) is 16.8 Å². The van der Waals surface area contributed by atoms with Gasteiger partial charge in [-0.05, 0) is 60.2 Å². The highest BCUT2D eigenvalue weighted by atomic mass is 19.4. The molecular formula is C27H22F3N3O4. The molecule has 0 aliphatic carbocycles. The van der Waals surface area contributed by atoms with Crippen molar-refractivity contribution in [2.24, 2.45) is 0 Å². The van der Waals surface area contributed by atoms with Crippen molar-refractivity contribution in [3.8, 4) is 28.5 Å². The van der Waals surface area contributed by atoms with Crippen molar-refractivity contribution in [1.29, 1.82) is 0 Å². The van der Waals surface area contributed by atoms with Gasteiger partial charge in [0.2, 0.25) is 11.8 Å². The zero-order valence-electron chi connectivity index (χ0n) is 19.8. The summed E-state index contributed by atoms with van der Waals surface area (Å²) in [5.74, 6) is -0.472. The van der Waals surface area contributed by atoms with Crippen molar-refractivity contribution >= 4 is 17.5 Å². The third-order valence-corrected chi connectivity index (χ3v) is 5.31. The monoisotopic (exact) mass is 509 g/mol. The average Bonchev–Trinajstić information content (AvgIpc) is 3.33. The first kappa shape index (κ1) is 25.5.